The summed E-state index contributed by atoms with van der Waals surface area (Å²) >= 11 is 0. The summed E-state index contributed by atoms with van der Waals surface area (Å²) in [5.41, 5.74) is 6.97. The predicted molar refractivity (Wildman–Crippen MR) is 118 cm³/mol. The van der Waals surface area contributed by atoms with Gasteiger partial charge in [0.1, 0.15) is 0 Å². The fourth-order valence-electron chi connectivity index (χ4n) is 4.39. The maximum atomic E-state index is 4.12. The van der Waals surface area contributed by atoms with Crippen LogP contribution in [0.4, 0.5) is 5.69 Å². The van der Waals surface area contributed by atoms with Gasteiger partial charge in [0.25, 0.3) is 0 Å². The van der Waals surface area contributed by atoms with Crippen LogP contribution in [0.5, 0.6) is 0 Å². The molecule has 1 heteroatoms. The van der Waals surface area contributed by atoms with Crippen molar-refractivity contribution in [2.24, 2.45) is 5.92 Å². The lowest BCUT2D eigenvalue weighted by Crippen LogP contribution is -2.27. The first-order chi connectivity index (χ1) is 12.5. The van der Waals surface area contributed by atoms with Crippen LogP contribution in [0, 0.1) is 5.92 Å². The molecule has 1 aliphatic rings. The molecule has 0 aromatic heterocycles. The van der Waals surface area contributed by atoms with Gasteiger partial charge in [-0.25, -0.2) is 0 Å². The van der Waals surface area contributed by atoms with E-state index in [-0.39, 0.29) is 0 Å². The first-order valence-electron chi connectivity index (χ1n) is 10.2. The zero-order valence-corrected chi connectivity index (χ0v) is 17.1. The highest BCUT2D eigenvalue weighted by Gasteiger charge is 2.22. The minimum Gasteiger partial charge on any atom is -0.370 e. The van der Waals surface area contributed by atoms with Crippen LogP contribution in [-0.2, 0) is 0 Å². The van der Waals surface area contributed by atoms with Gasteiger partial charge >= 0.3 is 0 Å². The number of benzene rings is 2. The third-order valence-corrected chi connectivity index (χ3v) is 6.23. The van der Waals surface area contributed by atoms with Gasteiger partial charge in [-0.1, -0.05) is 70.7 Å². The maximum absolute atomic E-state index is 4.12. The van der Waals surface area contributed by atoms with Crippen LogP contribution >= 0.6 is 0 Å². The number of hydrogen-bond donors (Lipinski definition) is 0. The van der Waals surface area contributed by atoms with Gasteiger partial charge in [-0.15, -0.1) is 0 Å². The maximum Gasteiger partial charge on any atom is 0.0525 e. The topological polar surface area (TPSA) is 3.24 Å². The largest absolute Gasteiger partial charge is 0.370 e. The fraction of sp³-hybridized carbons (Fsp3) is 0.440. The van der Waals surface area contributed by atoms with Gasteiger partial charge in [-0.3, -0.25) is 0 Å². The van der Waals surface area contributed by atoms with Crippen LogP contribution in [0.15, 0.2) is 36.4 Å². The van der Waals surface area contributed by atoms with Gasteiger partial charge in [0.15, 0.2) is 0 Å². The lowest BCUT2D eigenvalue weighted by molar-refractivity contribution is 0.562. The van der Waals surface area contributed by atoms with Gasteiger partial charge in [0, 0.05) is 19.0 Å². The van der Waals surface area contributed by atoms with Crippen LogP contribution in [0.1, 0.15) is 69.6 Å². The standard InChI is InChI=1S/C25H33N/c1-7-17(5)22-13-19(10-4)24-20(14-22)11-12-21-15-23(18(8-2)9-3)16-26(6)25(21)24/h10-15,17-18H,4,7-9,16H2,1-3,5-6H3. The molecular weight excluding hydrogens is 314 g/mol. The molecule has 1 atom stereocenters. The van der Waals surface area contributed by atoms with Gasteiger partial charge in [-0.05, 0) is 58.7 Å². The van der Waals surface area contributed by atoms with Crippen LogP contribution in [0.2, 0.25) is 0 Å². The van der Waals surface area contributed by atoms with Crippen molar-refractivity contribution in [3.63, 3.8) is 0 Å². The summed E-state index contributed by atoms with van der Waals surface area (Å²) in [5, 5.41) is 2.69. The van der Waals surface area contributed by atoms with Crippen molar-refractivity contribution in [3.05, 3.63) is 53.1 Å². The summed E-state index contributed by atoms with van der Waals surface area (Å²) in [7, 11) is 2.24. The third kappa shape index (κ3) is 3.20. The molecule has 0 saturated heterocycles. The van der Waals surface area contributed by atoms with E-state index in [1.807, 2.05) is 6.08 Å². The molecule has 26 heavy (non-hydrogen) atoms. The molecule has 1 unspecified atom stereocenters. The van der Waals surface area contributed by atoms with Crippen molar-refractivity contribution in [1.29, 1.82) is 0 Å². The van der Waals surface area contributed by atoms with Crippen molar-refractivity contribution < 1.29 is 0 Å². The van der Waals surface area contributed by atoms with Crippen molar-refractivity contribution in [3.8, 4) is 0 Å². The molecule has 138 valence electrons. The van der Waals surface area contributed by atoms with Crippen LogP contribution in [0.3, 0.4) is 0 Å². The van der Waals surface area contributed by atoms with E-state index in [1.54, 1.807) is 5.57 Å². The second-order valence-electron chi connectivity index (χ2n) is 7.81. The summed E-state index contributed by atoms with van der Waals surface area (Å²) < 4.78 is 0. The molecule has 0 radical (unpaired) electrons. The lowest BCUT2D eigenvalue weighted by Gasteiger charge is -2.33. The Kier molecular flexibility index (Phi) is 5.55. The van der Waals surface area contributed by atoms with Crippen LogP contribution < -0.4 is 4.90 Å². The number of anilines is 1. The number of fused-ring (bicyclic) bond motifs is 3. The van der Waals surface area contributed by atoms with Crippen molar-refractivity contribution >= 4 is 28.6 Å². The van der Waals surface area contributed by atoms with E-state index in [2.05, 4.69) is 76.6 Å². The lowest BCUT2D eigenvalue weighted by atomic mass is 9.86. The molecule has 3 rings (SSSR count). The van der Waals surface area contributed by atoms with Crippen LogP contribution in [0.25, 0.3) is 22.9 Å². The quantitative estimate of drug-likeness (QED) is 0.531. The Morgan fingerprint density at radius 1 is 1.12 bits per heavy atom. The molecule has 1 heterocycles. The zero-order chi connectivity index (χ0) is 18.8. The Bertz CT molecular complexity index is 839. The number of nitrogens with zero attached hydrogens (tertiary/aromatic N) is 1. The second-order valence-corrected chi connectivity index (χ2v) is 7.81. The molecule has 0 amide bonds. The first kappa shape index (κ1) is 18.8. The molecule has 2 aromatic carbocycles. The van der Waals surface area contributed by atoms with Crippen molar-refractivity contribution in [2.45, 2.75) is 52.9 Å². The summed E-state index contributed by atoms with van der Waals surface area (Å²) in [6.07, 6.45) is 8.07. The smallest absolute Gasteiger partial charge is 0.0525 e. The average Bonchev–Trinajstić information content (AvgIpc) is 2.66. The highest BCUT2D eigenvalue weighted by Crippen LogP contribution is 2.40. The monoisotopic (exact) mass is 347 g/mol. The van der Waals surface area contributed by atoms with Crippen LogP contribution in [-0.4, -0.2) is 13.6 Å². The average molecular weight is 348 g/mol. The Balaban J connectivity index is 2.22. The van der Waals surface area contributed by atoms with Gasteiger partial charge < -0.3 is 4.90 Å². The molecule has 0 N–H and O–H groups in total. The minimum atomic E-state index is 0.577. The molecule has 1 nitrogen and oxygen atoms in total. The van der Waals surface area contributed by atoms with E-state index >= 15 is 0 Å². The Labute approximate surface area is 159 Å². The molecule has 0 saturated carbocycles. The van der Waals surface area contributed by atoms with Gasteiger partial charge in [0.05, 0.1) is 5.69 Å². The Morgan fingerprint density at radius 3 is 2.46 bits per heavy atom. The SMILES string of the molecule is C=Cc1cc(C(C)CC)cc2ccc3c(c12)N(C)CC(C(CC)CC)=C3. The van der Waals surface area contributed by atoms with E-state index in [1.165, 1.54) is 46.0 Å². The summed E-state index contributed by atoms with van der Waals surface area (Å²) in [6.45, 7) is 14.3. The predicted octanol–water partition coefficient (Wildman–Crippen LogP) is 7.27. The van der Waals surface area contributed by atoms with E-state index in [4.69, 9.17) is 0 Å². The molecule has 0 spiro atoms. The summed E-state index contributed by atoms with van der Waals surface area (Å²) in [4.78, 5) is 2.45. The van der Waals surface area contributed by atoms with Crippen molar-refractivity contribution in [2.75, 3.05) is 18.5 Å². The minimum absolute atomic E-state index is 0.577. The van der Waals surface area contributed by atoms with E-state index in [0.29, 0.717) is 11.8 Å². The summed E-state index contributed by atoms with van der Waals surface area (Å²) in [6, 6.07) is 9.33. The number of likely N-dealkylation sites (N-methyl/N-ethyl adjacent to an activating group) is 1. The van der Waals surface area contributed by atoms with E-state index in [0.717, 1.165) is 13.0 Å². The Hall–Kier alpha value is -2.02. The van der Waals surface area contributed by atoms with Gasteiger partial charge in [-0.2, -0.15) is 0 Å². The molecule has 0 aliphatic carbocycles. The molecular formula is C25H33N. The number of rotatable bonds is 6. The molecule has 1 aliphatic heterocycles. The molecule has 0 bridgehead atoms. The zero-order valence-electron chi connectivity index (χ0n) is 17.1. The first-order valence-corrected chi connectivity index (χ1v) is 10.2. The molecule has 2 aromatic rings. The normalized spacial score (nSPS) is 15.2. The second kappa shape index (κ2) is 7.70. The highest BCUT2D eigenvalue weighted by molar-refractivity contribution is 6.04. The van der Waals surface area contributed by atoms with Crippen molar-refractivity contribution in [1.82, 2.24) is 0 Å². The Morgan fingerprint density at radius 2 is 1.85 bits per heavy atom. The molecule has 0 fully saturated rings. The highest BCUT2D eigenvalue weighted by atomic mass is 15.1. The third-order valence-electron chi connectivity index (χ3n) is 6.23. The van der Waals surface area contributed by atoms with E-state index in [9.17, 15) is 0 Å². The van der Waals surface area contributed by atoms with E-state index < -0.39 is 0 Å². The van der Waals surface area contributed by atoms with Gasteiger partial charge in [0.2, 0.25) is 0 Å². The fourth-order valence-corrected chi connectivity index (χ4v) is 4.39. The number of hydrogen-bond acceptors (Lipinski definition) is 1. The summed E-state index contributed by atoms with van der Waals surface area (Å²) in [5.74, 6) is 1.26.